The molecule has 0 bridgehead atoms. The molecule has 94 valence electrons. The third kappa shape index (κ3) is 2.36. The van der Waals surface area contributed by atoms with Gasteiger partial charge >= 0.3 is 0 Å². The predicted molar refractivity (Wildman–Crippen MR) is 67.7 cm³/mol. The fourth-order valence-electron chi connectivity index (χ4n) is 2.22. The van der Waals surface area contributed by atoms with Crippen LogP contribution in [0.25, 0.3) is 0 Å². The maximum atomic E-state index is 5.66. The van der Waals surface area contributed by atoms with Crippen molar-refractivity contribution < 1.29 is 4.74 Å². The van der Waals surface area contributed by atoms with Gasteiger partial charge in [0.1, 0.15) is 11.8 Å². The zero-order valence-corrected chi connectivity index (χ0v) is 10.9. The van der Waals surface area contributed by atoms with E-state index in [9.17, 15) is 0 Å². The van der Waals surface area contributed by atoms with Crippen molar-refractivity contribution in [3.8, 4) is 0 Å². The molecular formula is C13H21N3O. The molecule has 1 atom stereocenters. The van der Waals surface area contributed by atoms with Crippen molar-refractivity contribution in [3.63, 3.8) is 0 Å². The first-order valence-corrected chi connectivity index (χ1v) is 6.36. The molecule has 0 radical (unpaired) electrons. The van der Waals surface area contributed by atoms with Crippen LogP contribution in [-0.4, -0.2) is 23.4 Å². The maximum absolute atomic E-state index is 5.66. The Morgan fingerprint density at radius 3 is 2.88 bits per heavy atom. The molecule has 0 fully saturated rings. The van der Waals surface area contributed by atoms with E-state index in [1.807, 2.05) is 7.05 Å². The maximum Gasteiger partial charge on any atom is 0.115 e. The lowest BCUT2D eigenvalue weighted by Crippen LogP contribution is -2.22. The summed E-state index contributed by atoms with van der Waals surface area (Å²) in [5.41, 5.74) is 2.33. The summed E-state index contributed by atoms with van der Waals surface area (Å²) in [6.07, 6.45) is 4.14. The highest BCUT2D eigenvalue weighted by molar-refractivity contribution is 5.23. The lowest BCUT2D eigenvalue weighted by molar-refractivity contribution is 0.215. The molecule has 1 unspecified atom stereocenters. The number of nitrogens with one attached hydrogen (secondary N) is 1. The first-order valence-electron chi connectivity index (χ1n) is 6.36. The molecule has 0 saturated heterocycles. The van der Waals surface area contributed by atoms with Crippen LogP contribution in [0, 0.1) is 0 Å². The highest BCUT2D eigenvalue weighted by Crippen LogP contribution is 2.26. The summed E-state index contributed by atoms with van der Waals surface area (Å²) >= 11 is 0. The summed E-state index contributed by atoms with van der Waals surface area (Å²) in [7, 11) is 1.96. The first kappa shape index (κ1) is 12.2. The zero-order chi connectivity index (χ0) is 12.3. The van der Waals surface area contributed by atoms with Crippen molar-refractivity contribution in [1.82, 2.24) is 15.1 Å². The van der Waals surface area contributed by atoms with E-state index in [1.165, 1.54) is 5.69 Å². The summed E-state index contributed by atoms with van der Waals surface area (Å²) in [6, 6.07) is 2.30. The molecule has 0 amide bonds. The highest BCUT2D eigenvalue weighted by Gasteiger charge is 2.23. The lowest BCUT2D eigenvalue weighted by Gasteiger charge is -2.18. The molecule has 0 saturated carbocycles. The van der Waals surface area contributed by atoms with Crippen molar-refractivity contribution in [3.05, 3.63) is 29.3 Å². The monoisotopic (exact) mass is 235 g/mol. The molecule has 2 rings (SSSR count). The van der Waals surface area contributed by atoms with Crippen molar-refractivity contribution in [1.29, 1.82) is 0 Å². The summed E-state index contributed by atoms with van der Waals surface area (Å²) in [5.74, 6) is 1.03. The van der Waals surface area contributed by atoms with Crippen molar-refractivity contribution >= 4 is 0 Å². The van der Waals surface area contributed by atoms with E-state index in [-0.39, 0.29) is 6.04 Å². The standard InChI is InChI=1S/C13H21N3O/c1-4-10-9-11(16(5-2)15-10)13(14-3)12-7-6-8-17-12/h7,9,13-14H,4-6,8H2,1-3H3. The summed E-state index contributed by atoms with van der Waals surface area (Å²) < 4.78 is 7.72. The van der Waals surface area contributed by atoms with Gasteiger partial charge in [0, 0.05) is 13.0 Å². The Morgan fingerprint density at radius 2 is 2.35 bits per heavy atom. The third-order valence-electron chi connectivity index (χ3n) is 3.12. The predicted octanol–water partition coefficient (Wildman–Crippen LogP) is 2.03. The Bertz CT molecular complexity index is 409. The van der Waals surface area contributed by atoms with Gasteiger partial charge in [-0.3, -0.25) is 4.68 Å². The number of ether oxygens (including phenoxy) is 1. The third-order valence-corrected chi connectivity index (χ3v) is 3.12. The van der Waals surface area contributed by atoms with Gasteiger partial charge in [-0.2, -0.15) is 5.10 Å². The second-order valence-corrected chi connectivity index (χ2v) is 4.20. The zero-order valence-electron chi connectivity index (χ0n) is 10.9. The SMILES string of the molecule is CCc1cc(C(NC)C2=CCCO2)n(CC)n1. The molecule has 0 spiro atoms. The van der Waals surface area contributed by atoms with Crippen molar-refractivity contribution in [2.45, 2.75) is 39.3 Å². The topological polar surface area (TPSA) is 39.1 Å². The molecule has 4 nitrogen and oxygen atoms in total. The number of aryl methyl sites for hydroxylation is 2. The minimum atomic E-state index is 0.130. The van der Waals surface area contributed by atoms with Gasteiger partial charge in [-0.25, -0.2) is 0 Å². The van der Waals surface area contributed by atoms with Crippen LogP contribution in [0.1, 0.15) is 37.7 Å². The molecule has 0 aromatic carbocycles. The second kappa shape index (κ2) is 5.36. The number of rotatable bonds is 5. The Hall–Kier alpha value is -1.29. The summed E-state index contributed by atoms with van der Waals surface area (Å²) in [4.78, 5) is 0. The van der Waals surface area contributed by atoms with Crippen LogP contribution in [0.2, 0.25) is 0 Å². The fourth-order valence-corrected chi connectivity index (χ4v) is 2.22. The summed E-state index contributed by atoms with van der Waals surface area (Å²) in [6.45, 7) is 5.94. The largest absolute Gasteiger partial charge is 0.496 e. The minimum Gasteiger partial charge on any atom is -0.496 e. The normalized spacial score (nSPS) is 16.8. The smallest absolute Gasteiger partial charge is 0.115 e. The second-order valence-electron chi connectivity index (χ2n) is 4.20. The average Bonchev–Trinajstić information content (AvgIpc) is 2.99. The Labute approximate surface area is 103 Å². The van der Waals surface area contributed by atoms with Crippen LogP contribution in [0.3, 0.4) is 0 Å². The molecule has 4 heteroatoms. The van der Waals surface area contributed by atoms with Gasteiger partial charge < -0.3 is 10.1 Å². The van der Waals surface area contributed by atoms with E-state index in [2.05, 4.69) is 41.1 Å². The van der Waals surface area contributed by atoms with Crippen LogP contribution in [0.15, 0.2) is 17.9 Å². The van der Waals surface area contributed by atoms with Gasteiger partial charge in [0.05, 0.1) is 18.0 Å². The molecule has 2 heterocycles. The van der Waals surface area contributed by atoms with E-state index in [0.717, 1.165) is 37.4 Å². The first-order chi connectivity index (χ1) is 8.30. The van der Waals surface area contributed by atoms with Crippen LogP contribution in [0.5, 0.6) is 0 Å². The highest BCUT2D eigenvalue weighted by atomic mass is 16.5. The van der Waals surface area contributed by atoms with Crippen LogP contribution in [-0.2, 0) is 17.7 Å². The van der Waals surface area contributed by atoms with E-state index in [4.69, 9.17) is 4.74 Å². The van der Waals surface area contributed by atoms with Crippen molar-refractivity contribution in [2.75, 3.05) is 13.7 Å². The van der Waals surface area contributed by atoms with Gasteiger partial charge in [-0.15, -0.1) is 0 Å². The molecule has 0 aliphatic carbocycles. The van der Waals surface area contributed by atoms with E-state index >= 15 is 0 Å². The number of likely N-dealkylation sites (N-methyl/N-ethyl adjacent to an activating group) is 1. The van der Waals surface area contributed by atoms with Crippen LogP contribution < -0.4 is 5.32 Å². The number of aromatic nitrogens is 2. The van der Waals surface area contributed by atoms with Gasteiger partial charge in [-0.05, 0) is 32.5 Å². The number of hydrogen-bond acceptors (Lipinski definition) is 3. The summed E-state index contributed by atoms with van der Waals surface area (Å²) in [5, 5.41) is 7.90. The lowest BCUT2D eigenvalue weighted by atomic mass is 10.1. The van der Waals surface area contributed by atoms with Gasteiger partial charge in [-0.1, -0.05) is 6.92 Å². The fraction of sp³-hybridized carbons (Fsp3) is 0.615. The molecule has 1 aromatic rings. The molecule has 1 aliphatic heterocycles. The Balaban J connectivity index is 2.32. The van der Waals surface area contributed by atoms with Gasteiger partial charge in [0.15, 0.2) is 0 Å². The van der Waals surface area contributed by atoms with Crippen LogP contribution >= 0.6 is 0 Å². The van der Waals surface area contributed by atoms with Gasteiger partial charge in [0.2, 0.25) is 0 Å². The van der Waals surface area contributed by atoms with E-state index < -0.39 is 0 Å². The number of hydrogen-bond donors (Lipinski definition) is 1. The average molecular weight is 235 g/mol. The molecule has 1 aliphatic rings. The molecule has 17 heavy (non-hydrogen) atoms. The van der Waals surface area contributed by atoms with Crippen LogP contribution in [0.4, 0.5) is 0 Å². The molecule has 1 aromatic heterocycles. The van der Waals surface area contributed by atoms with Gasteiger partial charge in [0.25, 0.3) is 0 Å². The minimum absolute atomic E-state index is 0.130. The molecular weight excluding hydrogens is 214 g/mol. The van der Waals surface area contributed by atoms with E-state index in [1.54, 1.807) is 0 Å². The van der Waals surface area contributed by atoms with E-state index in [0.29, 0.717) is 0 Å². The Kier molecular flexibility index (Phi) is 3.84. The number of nitrogens with zero attached hydrogens (tertiary/aromatic N) is 2. The molecule has 1 N–H and O–H groups in total. The van der Waals surface area contributed by atoms with Crippen molar-refractivity contribution in [2.24, 2.45) is 0 Å². The quantitative estimate of drug-likeness (QED) is 0.848. The Morgan fingerprint density at radius 1 is 1.53 bits per heavy atom.